The number of hydrogen-bond donors (Lipinski definition) is 1. The van der Waals surface area contributed by atoms with Crippen LogP contribution in [0.1, 0.15) is 58.2 Å². The van der Waals surface area contributed by atoms with Gasteiger partial charge in [-0.2, -0.15) is 5.10 Å². The van der Waals surface area contributed by atoms with Crippen LogP contribution < -0.4 is 0 Å². The Bertz CT molecular complexity index is 400. The molecule has 4 heteroatoms. The highest BCUT2D eigenvalue weighted by atomic mass is 16.3. The maximum Gasteiger partial charge on any atom is 0.0764 e. The molecule has 2 unspecified atom stereocenters. The smallest absolute Gasteiger partial charge is 0.0764 e. The first kappa shape index (κ1) is 14.5. The van der Waals surface area contributed by atoms with E-state index in [1.54, 1.807) is 0 Å². The van der Waals surface area contributed by atoms with Gasteiger partial charge in [0, 0.05) is 25.3 Å². The van der Waals surface area contributed by atoms with Crippen molar-refractivity contribution in [1.29, 1.82) is 0 Å². The fourth-order valence-corrected chi connectivity index (χ4v) is 2.60. The third-order valence-electron chi connectivity index (χ3n) is 4.25. The third kappa shape index (κ3) is 4.05. The van der Waals surface area contributed by atoms with E-state index < -0.39 is 5.60 Å². The van der Waals surface area contributed by atoms with Gasteiger partial charge >= 0.3 is 0 Å². The Kier molecular flexibility index (Phi) is 4.63. The highest BCUT2D eigenvalue weighted by molar-refractivity contribution is 5.00. The topological polar surface area (TPSA) is 41.3 Å². The summed E-state index contributed by atoms with van der Waals surface area (Å²) in [6.45, 7) is 9.26. The van der Waals surface area contributed by atoms with Gasteiger partial charge in [0.05, 0.1) is 11.3 Å². The summed E-state index contributed by atoms with van der Waals surface area (Å²) >= 11 is 0. The number of nitrogens with zero attached hydrogens (tertiary/aromatic N) is 3. The summed E-state index contributed by atoms with van der Waals surface area (Å²) in [4.78, 5) is 2.41. The van der Waals surface area contributed by atoms with E-state index in [4.69, 9.17) is 0 Å². The Morgan fingerprint density at radius 3 is 2.95 bits per heavy atom. The van der Waals surface area contributed by atoms with Crippen LogP contribution in [0, 0.1) is 0 Å². The maximum absolute atomic E-state index is 10.1. The van der Waals surface area contributed by atoms with Crippen molar-refractivity contribution in [2.75, 3.05) is 13.1 Å². The molecule has 0 bridgehead atoms. The van der Waals surface area contributed by atoms with Gasteiger partial charge in [0.15, 0.2) is 0 Å². The summed E-state index contributed by atoms with van der Waals surface area (Å²) in [5.74, 6) is 0. The molecule has 4 nitrogen and oxygen atoms in total. The molecule has 2 atom stereocenters. The lowest BCUT2D eigenvalue weighted by Crippen LogP contribution is -2.28. The molecular weight excluding hydrogens is 238 g/mol. The molecule has 1 N–H and O–H groups in total. The molecule has 0 radical (unpaired) electrons. The molecule has 1 saturated heterocycles. The Hall–Kier alpha value is -0.870. The van der Waals surface area contributed by atoms with Crippen LogP contribution >= 0.6 is 0 Å². The van der Waals surface area contributed by atoms with Crippen LogP contribution in [0.15, 0.2) is 12.3 Å². The van der Waals surface area contributed by atoms with E-state index in [0.717, 1.165) is 51.0 Å². The molecule has 0 saturated carbocycles. The minimum Gasteiger partial charge on any atom is -0.390 e. The van der Waals surface area contributed by atoms with Gasteiger partial charge in [-0.3, -0.25) is 9.58 Å². The highest BCUT2D eigenvalue weighted by Gasteiger charge is 2.25. The number of hydrogen-bond acceptors (Lipinski definition) is 3. The lowest BCUT2D eigenvalue weighted by atomic mass is 9.98. The van der Waals surface area contributed by atoms with Crippen LogP contribution in [-0.2, 0) is 6.54 Å². The minimum atomic E-state index is -0.481. The summed E-state index contributed by atoms with van der Waals surface area (Å²) in [5, 5.41) is 14.8. The van der Waals surface area contributed by atoms with E-state index in [9.17, 15) is 5.11 Å². The lowest BCUT2D eigenvalue weighted by Gasteiger charge is -2.21. The third-order valence-corrected chi connectivity index (χ3v) is 4.25. The fraction of sp³-hybridized carbons (Fsp3) is 0.800. The van der Waals surface area contributed by atoms with Crippen molar-refractivity contribution in [2.24, 2.45) is 0 Å². The average Bonchev–Trinajstić information content (AvgIpc) is 2.76. The molecule has 0 aromatic carbocycles. The van der Waals surface area contributed by atoms with Crippen LogP contribution in [0.2, 0.25) is 0 Å². The van der Waals surface area contributed by atoms with Gasteiger partial charge in [-0.1, -0.05) is 6.92 Å². The molecule has 1 aromatic heterocycles. The van der Waals surface area contributed by atoms with E-state index >= 15 is 0 Å². The van der Waals surface area contributed by atoms with Crippen molar-refractivity contribution in [2.45, 2.75) is 64.6 Å². The SMILES string of the molecule is CCC(C)n1ccc(CN2CCCC(C)(O)CC2)n1. The van der Waals surface area contributed by atoms with Crippen molar-refractivity contribution in [3.8, 4) is 0 Å². The molecule has 1 fully saturated rings. The molecule has 0 amide bonds. The summed E-state index contributed by atoms with van der Waals surface area (Å²) < 4.78 is 2.06. The first-order chi connectivity index (χ1) is 9.00. The van der Waals surface area contributed by atoms with Gasteiger partial charge in [-0.25, -0.2) is 0 Å². The van der Waals surface area contributed by atoms with E-state index in [-0.39, 0.29) is 0 Å². The predicted molar refractivity (Wildman–Crippen MR) is 77.0 cm³/mol. The second-order valence-corrected chi connectivity index (χ2v) is 6.17. The van der Waals surface area contributed by atoms with Gasteiger partial charge in [0.1, 0.15) is 0 Å². The van der Waals surface area contributed by atoms with Gasteiger partial charge in [0.25, 0.3) is 0 Å². The normalized spacial score (nSPS) is 27.2. The Morgan fingerprint density at radius 2 is 2.21 bits per heavy atom. The highest BCUT2D eigenvalue weighted by Crippen LogP contribution is 2.22. The Balaban J connectivity index is 1.92. The van der Waals surface area contributed by atoms with Gasteiger partial charge in [-0.15, -0.1) is 0 Å². The molecular formula is C15H27N3O. The zero-order valence-corrected chi connectivity index (χ0v) is 12.5. The zero-order chi connectivity index (χ0) is 13.9. The van der Waals surface area contributed by atoms with E-state index in [1.807, 2.05) is 6.92 Å². The first-order valence-corrected chi connectivity index (χ1v) is 7.49. The molecule has 1 aliphatic rings. The quantitative estimate of drug-likeness (QED) is 0.910. The molecule has 108 valence electrons. The molecule has 1 aromatic rings. The van der Waals surface area contributed by atoms with Gasteiger partial charge in [0.2, 0.25) is 0 Å². The predicted octanol–water partition coefficient (Wildman–Crippen LogP) is 2.59. The van der Waals surface area contributed by atoms with E-state index in [0.29, 0.717) is 6.04 Å². The van der Waals surface area contributed by atoms with E-state index in [1.165, 1.54) is 0 Å². The fourth-order valence-electron chi connectivity index (χ4n) is 2.60. The average molecular weight is 265 g/mol. The summed E-state index contributed by atoms with van der Waals surface area (Å²) in [7, 11) is 0. The van der Waals surface area contributed by atoms with Crippen molar-refractivity contribution in [3.05, 3.63) is 18.0 Å². The second-order valence-electron chi connectivity index (χ2n) is 6.17. The molecule has 2 rings (SSSR count). The molecule has 0 spiro atoms. The van der Waals surface area contributed by atoms with Crippen LogP contribution in [-0.4, -0.2) is 38.5 Å². The number of rotatable bonds is 4. The Morgan fingerprint density at radius 1 is 1.42 bits per heavy atom. The lowest BCUT2D eigenvalue weighted by molar-refractivity contribution is 0.0444. The van der Waals surface area contributed by atoms with Crippen molar-refractivity contribution >= 4 is 0 Å². The molecule has 2 heterocycles. The van der Waals surface area contributed by atoms with Gasteiger partial charge in [-0.05, 0) is 52.1 Å². The number of likely N-dealkylation sites (tertiary alicyclic amines) is 1. The minimum absolute atomic E-state index is 0.471. The van der Waals surface area contributed by atoms with Crippen molar-refractivity contribution in [1.82, 2.24) is 14.7 Å². The van der Waals surface area contributed by atoms with Crippen LogP contribution in [0.5, 0.6) is 0 Å². The van der Waals surface area contributed by atoms with Crippen molar-refractivity contribution < 1.29 is 5.11 Å². The van der Waals surface area contributed by atoms with Crippen LogP contribution in [0.4, 0.5) is 0 Å². The van der Waals surface area contributed by atoms with Crippen molar-refractivity contribution in [3.63, 3.8) is 0 Å². The van der Waals surface area contributed by atoms with Crippen LogP contribution in [0.3, 0.4) is 0 Å². The van der Waals surface area contributed by atoms with Gasteiger partial charge < -0.3 is 5.11 Å². The summed E-state index contributed by atoms with van der Waals surface area (Å²) in [6, 6.07) is 2.59. The van der Waals surface area contributed by atoms with Crippen LogP contribution in [0.25, 0.3) is 0 Å². The summed E-state index contributed by atoms with van der Waals surface area (Å²) in [6.07, 6.45) is 6.02. The monoisotopic (exact) mass is 265 g/mol. The standard InChI is InChI=1S/C15H27N3O/c1-4-13(2)18-10-6-14(16-18)12-17-9-5-7-15(3,19)8-11-17/h6,10,13,19H,4-5,7-9,11-12H2,1-3H3. The molecule has 0 aliphatic carbocycles. The maximum atomic E-state index is 10.1. The number of aromatic nitrogens is 2. The Labute approximate surface area is 116 Å². The van der Waals surface area contributed by atoms with E-state index in [2.05, 4.69) is 40.8 Å². The zero-order valence-electron chi connectivity index (χ0n) is 12.5. The molecule has 1 aliphatic heterocycles. The number of aliphatic hydroxyl groups is 1. The molecule has 19 heavy (non-hydrogen) atoms. The summed E-state index contributed by atoms with van der Waals surface area (Å²) in [5.41, 5.74) is 0.659. The second kappa shape index (κ2) is 6.06. The first-order valence-electron chi connectivity index (χ1n) is 7.49. The largest absolute Gasteiger partial charge is 0.390 e.